The third-order valence-electron chi connectivity index (χ3n) is 1.87. The third-order valence-corrected chi connectivity index (χ3v) is 2.13. The topological polar surface area (TPSA) is 35.5 Å². The van der Waals surface area contributed by atoms with Gasteiger partial charge < -0.3 is 9.47 Å². The van der Waals surface area contributed by atoms with Crippen LogP contribution in [0.2, 0.25) is 5.02 Å². The summed E-state index contributed by atoms with van der Waals surface area (Å²) in [6.45, 7) is 3.82. The average Bonchev–Trinajstić information content (AvgIpc) is 2.18. The van der Waals surface area contributed by atoms with Gasteiger partial charge in [0.05, 0.1) is 6.61 Å². The number of carbonyl (C=O) groups excluding carboxylic acids is 1. The van der Waals surface area contributed by atoms with Crippen LogP contribution in [0.4, 0.5) is 4.79 Å². The molecule has 3 nitrogen and oxygen atoms in total. The van der Waals surface area contributed by atoms with Gasteiger partial charge in [-0.1, -0.05) is 23.7 Å². The number of benzene rings is 1. The first-order valence-electron chi connectivity index (χ1n) is 4.72. The van der Waals surface area contributed by atoms with Crippen molar-refractivity contribution in [3.8, 4) is 0 Å². The lowest BCUT2D eigenvalue weighted by Gasteiger charge is -2.12. The SMILES string of the molecule is CCOC(=O)OC(C)c1ccc(Cl)cc1. The van der Waals surface area contributed by atoms with E-state index in [1.54, 1.807) is 26.0 Å². The van der Waals surface area contributed by atoms with Gasteiger partial charge >= 0.3 is 6.16 Å². The molecule has 1 aromatic rings. The van der Waals surface area contributed by atoms with Crippen LogP contribution in [0.15, 0.2) is 24.3 Å². The number of halogens is 1. The van der Waals surface area contributed by atoms with Gasteiger partial charge in [0.2, 0.25) is 0 Å². The molecule has 0 N–H and O–H groups in total. The van der Waals surface area contributed by atoms with E-state index >= 15 is 0 Å². The molecule has 82 valence electrons. The first-order chi connectivity index (χ1) is 7.13. The maximum absolute atomic E-state index is 11.0. The van der Waals surface area contributed by atoms with Crippen molar-refractivity contribution in [2.24, 2.45) is 0 Å². The molecule has 0 radical (unpaired) electrons. The Labute approximate surface area is 93.9 Å². The van der Waals surface area contributed by atoms with Crippen molar-refractivity contribution in [3.05, 3.63) is 34.9 Å². The van der Waals surface area contributed by atoms with Gasteiger partial charge in [0.25, 0.3) is 0 Å². The van der Waals surface area contributed by atoms with Crippen LogP contribution < -0.4 is 0 Å². The van der Waals surface area contributed by atoms with Crippen LogP contribution in [-0.2, 0) is 9.47 Å². The van der Waals surface area contributed by atoms with Crippen molar-refractivity contribution in [1.82, 2.24) is 0 Å². The average molecular weight is 229 g/mol. The molecule has 0 aromatic heterocycles. The first kappa shape index (κ1) is 11.9. The van der Waals surface area contributed by atoms with Gasteiger partial charge in [-0.15, -0.1) is 0 Å². The number of rotatable bonds is 3. The predicted octanol–water partition coefficient (Wildman–Crippen LogP) is 3.57. The lowest BCUT2D eigenvalue weighted by Crippen LogP contribution is -2.10. The van der Waals surface area contributed by atoms with Crippen molar-refractivity contribution >= 4 is 17.8 Å². The largest absolute Gasteiger partial charge is 0.508 e. The summed E-state index contributed by atoms with van der Waals surface area (Å²) in [5, 5.41) is 0.655. The van der Waals surface area contributed by atoms with Crippen molar-refractivity contribution in [2.45, 2.75) is 20.0 Å². The molecule has 0 aliphatic carbocycles. The van der Waals surface area contributed by atoms with Crippen LogP contribution in [0.1, 0.15) is 25.5 Å². The molecule has 0 heterocycles. The molecular weight excluding hydrogens is 216 g/mol. The fourth-order valence-corrected chi connectivity index (χ4v) is 1.22. The Balaban J connectivity index is 2.57. The molecular formula is C11H13ClO3. The number of carbonyl (C=O) groups is 1. The summed E-state index contributed by atoms with van der Waals surface area (Å²) >= 11 is 5.74. The van der Waals surface area contributed by atoms with Crippen LogP contribution in [0, 0.1) is 0 Å². The second kappa shape index (κ2) is 5.61. The molecule has 1 unspecified atom stereocenters. The van der Waals surface area contributed by atoms with Gasteiger partial charge in [0.15, 0.2) is 0 Å². The van der Waals surface area contributed by atoms with E-state index in [0.717, 1.165) is 5.56 Å². The zero-order valence-corrected chi connectivity index (χ0v) is 9.45. The van der Waals surface area contributed by atoms with Gasteiger partial charge in [-0.05, 0) is 31.5 Å². The highest BCUT2D eigenvalue weighted by molar-refractivity contribution is 6.30. The van der Waals surface area contributed by atoms with Gasteiger partial charge in [-0.25, -0.2) is 4.79 Å². The van der Waals surface area contributed by atoms with Crippen LogP contribution in [0.25, 0.3) is 0 Å². The maximum Gasteiger partial charge on any atom is 0.508 e. The van der Waals surface area contributed by atoms with E-state index < -0.39 is 6.16 Å². The molecule has 15 heavy (non-hydrogen) atoms. The number of hydrogen-bond donors (Lipinski definition) is 0. The Morgan fingerprint density at radius 1 is 1.40 bits per heavy atom. The zero-order valence-electron chi connectivity index (χ0n) is 8.70. The van der Waals surface area contributed by atoms with Gasteiger partial charge in [-0.2, -0.15) is 0 Å². The van der Waals surface area contributed by atoms with E-state index in [2.05, 4.69) is 4.74 Å². The quantitative estimate of drug-likeness (QED) is 0.742. The maximum atomic E-state index is 11.0. The molecule has 0 saturated carbocycles. The minimum absolute atomic E-state index is 0.312. The van der Waals surface area contributed by atoms with E-state index in [1.807, 2.05) is 12.1 Å². The molecule has 0 spiro atoms. The summed E-state index contributed by atoms with van der Waals surface area (Å²) in [6.07, 6.45) is -0.985. The van der Waals surface area contributed by atoms with Gasteiger partial charge in [0.1, 0.15) is 6.10 Å². The minimum atomic E-state index is -0.653. The Morgan fingerprint density at radius 2 is 2.00 bits per heavy atom. The highest BCUT2D eigenvalue weighted by Crippen LogP contribution is 2.19. The van der Waals surface area contributed by atoms with E-state index in [4.69, 9.17) is 16.3 Å². The fourth-order valence-electron chi connectivity index (χ4n) is 1.10. The van der Waals surface area contributed by atoms with E-state index in [1.165, 1.54) is 0 Å². The van der Waals surface area contributed by atoms with Gasteiger partial charge in [0, 0.05) is 5.02 Å². The van der Waals surface area contributed by atoms with E-state index in [0.29, 0.717) is 11.6 Å². The fraction of sp³-hybridized carbons (Fsp3) is 0.364. The summed E-state index contributed by atoms with van der Waals surface area (Å²) in [6, 6.07) is 7.13. The number of ether oxygens (including phenoxy) is 2. The Bertz CT molecular complexity index is 321. The van der Waals surface area contributed by atoms with E-state index in [9.17, 15) is 4.79 Å². The molecule has 1 aromatic carbocycles. The Hall–Kier alpha value is -1.22. The van der Waals surface area contributed by atoms with Crippen LogP contribution in [-0.4, -0.2) is 12.8 Å². The highest BCUT2D eigenvalue weighted by atomic mass is 35.5. The lowest BCUT2D eigenvalue weighted by atomic mass is 10.1. The van der Waals surface area contributed by atoms with Crippen molar-refractivity contribution in [2.75, 3.05) is 6.61 Å². The van der Waals surface area contributed by atoms with Crippen LogP contribution in [0.5, 0.6) is 0 Å². The molecule has 0 aliphatic rings. The summed E-state index contributed by atoms with van der Waals surface area (Å²) in [5.41, 5.74) is 0.882. The molecule has 0 amide bonds. The molecule has 4 heteroatoms. The Morgan fingerprint density at radius 3 is 2.53 bits per heavy atom. The van der Waals surface area contributed by atoms with Crippen molar-refractivity contribution in [1.29, 1.82) is 0 Å². The third kappa shape index (κ3) is 3.80. The highest BCUT2D eigenvalue weighted by Gasteiger charge is 2.11. The summed E-state index contributed by atoms with van der Waals surface area (Å²) in [7, 11) is 0. The molecule has 1 atom stereocenters. The van der Waals surface area contributed by atoms with Crippen molar-refractivity contribution < 1.29 is 14.3 Å². The molecule has 0 bridgehead atoms. The first-order valence-corrected chi connectivity index (χ1v) is 5.10. The normalized spacial score (nSPS) is 11.9. The summed E-state index contributed by atoms with van der Waals surface area (Å²) < 4.78 is 9.68. The lowest BCUT2D eigenvalue weighted by molar-refractivity contribution is 0.0317. The minimum Gasteiger partial charge on any atom is -0.435 e. The van der Waals surface area contributed by atoms with Crippen LogP contribution >= 0.6 is 11.6 Å². The smallest absolute Gasteiger partial charge is 0.435 e. The van der Waals surface area contributed by atoms with Gasteiger partial charge in [-0.3, -0.25) is 0 Å². The molecule has 0 aliphatic heterocycles. The predicted molar refractivity (Wildman–Crippen MR) is 58.0 cm³/mol. The summed E-state index contributed by atoms with van der Waals surface area (Å²) in [5.74, 6) is 0. The second-order valence-corrected chi connectivity index (χ2v) is 3.43. The monoisotopic (exact) mass is 228 g/mol. The second-order valence-electron chi connectivity index (χ2n) is 2.99. The standard InChI is InChI=1S/C11H13ClO3/c1-3-14-11(13)15-8(2)9-4-6-10(12)7-5-9/h4-8H,3H2,1-2H3. The Kier molecular flexibility index (Phi) is 4.43. The van der Waals surface area contributed by atoms with E-state index in [-0.39, 0.29) is 6.10 Å². The summed E-state index contributed by atoms with van der Waals surface area (Å²) in [4.78, 5) is 11.0. The number of hydrogen-bond acceptors (Lipinski definition) is 3. The molecule has 1 rings (SSSR count). The molecule has 0 saturated heterocycles. The van der Waals surface area contributed by atoms with Crippen molar-refractivity contribution in [3.63, 3.8) is 0 Å². The molecule has 0 fully saturated rings. The van der Waals surface area contributed by atoms with Crippen LogP contribution in [0.3, 0.4) is 0 Å². The zero-order chi connectivity index (χ0) is 11.3.